The fourth-order valence-electron chi connectivity index (χ4n) is 2.80. The van der Waals surface area contributed by atoms with Crippen LogP contribution in [0.5, 0.6) is 0 Å². The van der Waals surface area contributed by atoms with Gasteiger partial charge in [0, 0.05) is 28.7 Å². The predicted molar refractivity (Wildman–Crippen MR) is 83.3 cm³/mol. The summed E-state index contributed by atoms with van der Waals surface area (Å²) in [5.41, 5.74) is 1.19. The zero-order valence-electron chi connectivity index (χ0n) is 11.6. The Morgan fingerprint density at radius 1 is 1.37 bits per heavy atom. The minimum absolute atomic E-state index is 0.636. The van der Waals surface area contributed by atoms with Gasteiger partial charge >= 0.3 is 0 Å². The van der Waals surface area contributed by atoms with Gasteiger partial charge in [-0.05, 0) is 57.5 Å². The second-order valence-electron chi connectivity index (χ2n) is 5.38. The van der Waals surface area contributed by atoms with E-state index in [0.29, 0.717) is 17.1 Å². The number of nitrogens with zero attached hydrogens (tertiary/aromatic N) is 1. The SMILES string of the molecule is CNC1CCN(CCc2ccc(Cl)cc2Cl)C(C)C1. The highest BCUT2D eigenvalue weighted by Crippen LogP contribution is 2.23. The summed E-state index contributed by atoms with van der Waals surface area (Å²) in [5, 5.41) is 4.87. The van der Waals surface area contributed by atoms with Crippen molar-refractivity contribution >= 4 is 23.2 Å². The average molecular weight is 301 g/mol. The molecule has 1 aliphatic rings. The summed E-state index contributed by atoms with van der Waals surface area (Å²) in [4.78, 5) is 2.55. The number of hydrogen-bond donors (Lipinski definition) is 1. The summed E-state index contributed by atoms with van der Waals surface area (Å²) in [6.45, 7) is 4.55. The molecular formula is C15H22Cl2N2. The van der Waals surface area contributed by atoms with E-state index in [1.165, 1.54) is 18.4 Å². The van der Waals surface area contributed by atoms with Crippen molar-refractivity contribution in [1.82, 2.24) is 10.2 Å². The molecule has 0 radical (unpaired) electrons. The van der Waals surface area contributed by atoms with Crippen LogP contribution in [0.25, 0.3) is 0 Å². The van der Waals surface area contributed by atoms with Gasteiger partial charge in [0.15, 0.2) is 0 Å². The normalized spacial score (nSPS) is 24.6. The fraction of sp³-hybridized carbons (Fsp3) is 0.600. The van der Waals surface area contributed by atoms with Gasteiger partial charge in [-0.2, -0.15) is 0 Å². The van der Waals surface area contributed by atoms with Gasteiger partial charge in [0.05, 0.1) is 0 Å². The van der Waals surface area contributed by atoms with Gasteiger partial charge in [0.2, 0.25) is 0 Å². The lowest BCUT2D eigenvalue weighted by Crippen LogP contribution is -2.47. The van der Waals surface area contributed by atoms with Crippen LogP contribution in [0.3, 0.4) is 0 Å². The topological polar surface area (TPSA) is 15.3 Å². The van der Waals surface area contributed by atoms with Crippen molar-refractivity contribution in [3.8, 4) is 0 Å². The maximum atomic E-state index is 6.22. The highest BCUT2D eigenvalue weighted by atomic mass is 35.5. The maximum absolute atomic E-state index is 6.22. The number of likely N-dealkylation sites (tertiary alicyclic amines) is 1. The zero-order valence-corrected chi connectivity index (χ0v) is 13.1. The number of piperidine rings is 1. The number of benzene rings is 1. The van der Waals surface area contributed by atoms with Crippen LogP contribution < -0.4 is 5.32 Å². The molecule has 0 aliphatic carbocycles. The van der Waals surface area contributed by atoms with Gasteiger partial charge in [0.25, 0.3) is 0 Å². The molecule has 2 nitrogen and oxygen atoms in total. The summed E-state index contributed by atoms with van der Waals surface area (Å²) in [5.74, 6) is 0. The van der Waals surface area contributed by atoms with Crippen molar-refractivity contribution in [1.29, 1.82) is 0 Å². The molecule has 1 N–H and O–H groups in total. The summed E-state index contributed by atoms with van der Waals surface area (Å²) >= 11 is 12.1. The van der Waals surface area contributed by atoms with E-state index in [4.69, 9.17) is 23.2 Å². The number of rotatable bonds is 4. The van der Waals surface area contributed by atoms with Crippen molar-refractivity contribution in [2.75, 3.05) is 20.1 Å². The minimum Gasteiger partial charge on any atom is -0.317 e. The van der Waals surface area contributed by atoms with Crippen molar-refractivity contribution in [3.05, 3.63) is 33.8 Å². The van der Waals surface area contributed by atoms with Crippen LogP contribution >= 0.6 is 23.2 Å². The van der Waals surface area contributed by atoms with E-state index in [1.807, 2.05) is 18.2 Å². The van der Waals surface area contributed by atoms with Crippen molar-refractivity contribution in [3.63, 3.8) is 0 Å². The monoisotopic (exact) mass is 300 g/mol. The molecule has 1 saturated heterocycles. The molecule has 2 unspecified atom stereocenters. The number of hydrogen-bond acceptors (Lipinski definition) is 2. The Morgan fingerprint density at radius 3 is 2.79 bits per heavy atom. The maximum Gasteiger partial charge on any atom is 0.0453 e. The average Bonchev–Trinajstić information content (AvgIpc) is 2.39. The Kier molecular flexibility index (Phi) is 5.52. The molecule has 4 heteroatoms. The minimum atomic E-state index is 0.636. The number of halogens is 2. The lowest BCUT2D eigenvalue weighted by atomic mass is 9.98. The fourth-order valence-corrected chi connectivity index (χ4v) is 3.31. The van der Waals surface area contributed by atoms with Crippen molar-refractivity contribution < 1.29 is 0 Å². The Morgan fingerprint density at radius 2 is 2.16 bits per heavy atom. The Hall–Kier alpha value is -0.280. The van der Waals surface area contributed by atoms with E-state index in [0.717, 1.165) is 24.5 Å². The largest absolute Gasteiger partial charge is 0.317 e. The van der Waals surface area contributed by atoms with E-state index in [9.17, 15) is 0 Å². The third kappa shape index (κ3) is 4.09. The zero-order chi connectivity index (χ0) is 13.8. The molecule has 0 saturated carbocycles. The first-order valence-corrected chi connectivity index (χ1v) is 7.71. The van der Waals surface area contributed by atoms with Gasteiger partial charge < -0.3 is 10.2 Å². The quantitative estimate of drug-likeness (QED) is 0.914. The molecule has 1 aromatic rings. The molecule has 2 rings (SSSR count). The van der Waals surface area contributed by atoms with Crippen LogP contribution in [0, 0.1) is 0 Å². The van der Waals surface area contributed by atoms with Gasteiger partial charge in [0.1, 0.15) is 0 Å². The second kappa shape index (κ2) is 6.94. The summed E-state index contributed by atoms with van der Waals surface area (Å²) < 4.78 is 0. The van der Waals surface area contributed by atoms with Crippen LogP contribution in [0.1, 0.15) is 25.3 Å². The molecule has 0 spiro atoms. The van der Waals surface area contributed by atoms with Gasteiger partial charge in [-0.25, -0.2) is 0 Å². The molecule has 1 heterocycles. The standard InChI is InChI=1S/C15H22Cl2N2/c1-11-9-14(18-2)6-8-19(11)7-5-12-3-4-13(16)10-15(12)17/h3-4,10-11,14,18H,5-9H2,1-2H3. The molecule has 1 fully saturated rings. The lowest BCUT2D eigenvalue weighted by molar-refractivity contribution is 0.140. The Labute approximate surface area is 126 Å². The first-order chi connectivity index (χ1) is 9.10. The van der Waals surface area contributed by atoms with Gasteiger partial charge in [-0.15, -0.1) is 0 Å². The highest BCUT2D eigenvalue weighted by molar-refractivity contribution is 6.35. The Balaban J connectivity index is 1.88. The molecule has 0 amide bonds. The van der Waals surface area contributed by atoms with E-state index in [-0.39, 0.29) is 0 Å². The molecular weight excluding hydrogens is 279 g/mol. The first kappa shape index (κ1) is 15.1. The van der Waals surface area contributed by atoms with Crippen LogP contribution in [-0.4, -0.2) is 37.1 Å². The third-order valence-electron chi connectivity index (χ3n) is 4.11. The molecule has 0 aromatic heterocycles. The summed E-state index contributed by atoms with van der Waals surface area (Å²) in [7, 11) is 2.06. The van der Waals surface area contributed by atoms with Gasteiger partial charge in [-0.3, -0.25) is 0 Å². The van der Waals surface area contributed by atoms with E-state index >= 15 is 0 Å². The molecule has 106 valence electrons. The summed E-state index contributed by atoms with van der Waals surface area (Å²) in [6.07, 6.45) is 3.45. The molecule has 1 aliphatic heterocycles. The van der Waals surface area contributed by atoms with Gasteiger partial charge in [-0.1, -0.05) is 29.3 Å². The van der Waals surface area contributed by atoms with E-state index < -0.39 is 0 Å². The second-order valence-corrected chi connectivity index (χ2v) is 6.22. The lowest BCUT2D eigenvalue weighted by Gasteiger charge is -2.37. The highest BCUT2D eigenvalue weighted by Gasteiger charge is 2.23. The predicted octanol–water partition coefficient (Wildman–Crippen LogP) is 3.61. The summed E-state index contributed by atoms with van der Waals surface area (Å²) in [6, 6.07) is 7.09. The first-order valence-electron chi connectivity index (χ1n) is 6.95. The molecule has 0 bridgehead atoms. The molecule has 1 aromatic carbocycles. The smallest absolute Gasteiger partial charge is 0.0453 e. The van der Waals surface area contributed by atoms with Crippen molar-refractivity contribution in [2.24, 2.45) is 0 Å². The van der Waals surface area contributed by atoms with Crippen LogP contribution in [0.4, 0.5) is 0 Å². The van der Waals surface area contributed by atoms with Crippen LogP contribution in [0.2, 0.25) is 10.0 Å². The van der Waals surface area contributed by atoms with Crippen molar-refractivity contribution in [2.45, 2.75) is 38.3 Å². The Bertz CT molecular complexity index is 423. The molecule has 2 atom stereocenters. The van der Waals surface area contributed by atoms with E-state index in [1.54, 1.807) is 0 Å². The molecule has 19 heavy (non-hydrogen) atoms. The van der Waals surface area contributed by atoms with Crippen LogP contribution in [-0.2, 0) is 6.42 Å². The van der Waals surface area contributed by atoms with E-state index in [2.05, 4.69) is 24.2 Å². The third-order valence-corrected chi connectivity index (χ3v) is 4.69. The van der Waals surface area contributed by atoms with Crippen LogP contribution in [0.15, 0.2) is 18.2 Å². The number of nitrogens with one attached hydrogen (secondary N) is 1.